The van der Waals surface area contributed by atoms with Gasteiger partial charge in [-0.25, -0.2) is 9.67 Å². The van der Waals surface area contributed by atoms with Crippen LogP contribution in [0.15, 0.2) is 53.0 Å². The fraction of sp³-hybridized carbons (Fsp3) is 0.227. The Labute approximate surface area is 171 Å². The second kappa shape index (κ2) is 7.72. The van der Waals surface area contributed by atoms with Crippen molar-refractivity contribution >= 4 is 49.6 Å². The Kier molecular flexibility index (Phi) is 5.13. The van der Waals surface area contributed by atoms with E-state index in [-0.39, 0.29) is 5.91 Å². The second-order valence-electron chi connectivity index (χ2n) is 6.91. The van der Waals surface area contributed by atoms with Crippen molar-refractivity contribution in [2.45, 2.75) is 33.2 Å². The van der Waals surface area contributed by atoms with Gasteiger partial charge in [-0.15, -0.1) is 0 Å². The lowest BCUT2D eigenvalue weighted by Gasteiger charge is -2.05. The molecule has 0 saturated heterocycles. The number of nitrogens with zero attached hydrogens (tertiary/aromatic N) is 3. The highest BCUT2D eigenvalue weighted by atomic mass is 79.9. The van der Waals surface area contributed by atoms with Gasteiger partial charge in [0.15, 0.2) is 11.5 Å². The second-order valence-corrected chi connectivity index (χ2v) is 7.77. The van der Waals surface area contributed by atoms with E-state index in [0.29, 0.717) is 11.4 Å². The number of anilines is 1. The fourth-order valence-corrected chi connectivity index (χ4v) is 3.70. The zero-order valence-electron chi connectivity index (χ0n) is 15.9. The van der Waals surface area contributed by atoms with Crippen molar-refractivity contribution < 1.29 is 4.79 Å². The molecule has 0 bridgehead atoms. The molecule has 142 valence electrons. The van der Waals surface area contributed by atoms with Crippen molar-refractivity contribution in [1.29, 1.82) is 0 Å². The average molecular weight is 437 g/mol. The number of pyridine rings is 1. The van der Waals surface area contributed by atoms with Gasteiger partial charge in [0, 0.05) is 16.4 Å². The Morgan fingerprint density at radius 1 is 1.18 bits per heavy atom. The van der Waals surface area contributed by atoms with Crippen LogP contribution in [0.2, 0.25) is 0 Å². The number of rotatable bonds is 5. The standard InChI is InChI=1S/C22H21BrN4O/c1-3-4-11-27-21-17(13-15-10-9-14(2)12-19(15)24-21)20(26-27)25-22(28)16-7-5-6-8-18(16)23/h5-10,12-13H,3-4,11H2,1-2H3,(H,25,26,28). The maximum Gasteiger partial charge on any atom is 0.258 e. The Balaban J connectivity index is 1.81. The van der Waals surface area contributed by atoms with Crippen LogP contribution in [0.4, 0.5) is 5.82 Å². The molecule has 2 aromatic heterocycles. The van der Waals surface area contributed by atoms with E-state index in [2.05, 4.69) is 64.5 Å². The van der Waals surface area contributed by atoms with E-state index < -0.39 is 0 Å². The van der Waals surface area contributed by atoms with Crippen LogP contribution in [-0.2, 0) is 6.54 Å². The van der Waals surface area contributed by atoms with E-state index in [1.807, 2.05) is 22.9 Å². The highest BCUT2D eigenvalue weighted by molar-refractivity contribution is 9.10. The first kappa shape index (κ1) is 18.6. The van der Waals surface area contributed by atoms with Crippen LogP contribution in [0.1, 0.15) is 35.7 Å². The topological polar surface area (TPSA) is 59.8 Å². The van der Waals surface area contributed by atoms with Gasteiger partial charge in [-0.2, -0.15) is 5.10 Å². The van der Waals surface area contributed by atoms with Crippen molar-refractivity contribution in [3.05, 3.63) is 64.1 Å². The molecule has 0 aliphatic rings. The first-order chi connectivity index (χ1) is 13.6. The van der Waals surface area contributed by atoms with Gasteiger partial charge in [-0.3, -0.25) is 4.79 Å². The lowest BCUT2D eigenvalue weighted by Crippen LogP contribution is -2.13. The molecule has 0 fully saturated rings. The highest BCUT2D eigenvalue weighted by Gasteiger charge is 2.17. The molecular weight excluding hydrogens is 416 g/mol. The van der Waals surface area contributed by atoms with Crippen molar-refractivity contribution in [2.24, 2.45) is 0 Å². The predicted molar refractivity (Wildman–Crippen MR) is 117 cm³/mol. The molecule has 0 radical (unpaired) electrons. The third-order valence-corrected chi connectivity index (χ3v) is 5.44. The number of amides is 1. The summed E-state index contributed by atoms with van der Waals surface area (Å²) >= 11 is 3.44. The van der Waals surface area contributed by atoms with E-state index in [1.54, 1.807) is 6.07 Å². The molecule has 28 heavy (non-hydrogen) atoms. The third kappa shape index (κ3) is 3.52. The maximum atomic E-state index is 12.8. The molecule has 0 spiro atoms. The number of fused-ring (bicyclic) bond motifs is 2. The van der Waals surface area contributed by atoms with Crippen LogP contribution in [0.25, 0.3) is 21.9 Å². The van der Waals surface area contributed by atoms with Gasteiger partial charge in [0.1, 0.15) is 0 Å². The van der Waals surface area contributed by atoms with Gasteiger partial charge in [-0.05, 0) is 59.1 Å². The lowest BCUT2D eigenvalue weighted by molar-refractivity contribution is 0.102. The van der Waals surface area contributed by atoms with Crippen LogP contribution in [-0.4, -0.2) is 20.7 Å². The van der Waals surface area contributed by atoms with E-state index >= 15 is 0 Å². The minimum atomic E-state index is -0.196. The number of unbranched alkanes of at least 4 members (excludes halogenated alkanes) is 1. The molecule has 0 saturated carbocycles. The van der Waals surface area contributed by atoms with Crippen molar-refractivity contribution in [3.8, 4) is 0 Å². The predicted octanol–water partition coefficient (Wildman–Crippen LogP) is 5.71. The number of hydrogen-bond donors (Lipinski definition) is 1. The summed E-state index contributed by atoms with van der Waals surface area (Å²) in [5.41, 5.74) is 3.48. The van der Waals surface area contributed by atoms with Crippen LogP contribution in [0, 0.1) is 6.92 Å². The van der Waals surface area contributed by atoms with Crippen LogP contribution >= 0.6 is 15.9 Å². The molecule has 2 aromatic carbocycles. The van der Waals surface area contributed by atoms with E-state index in [9.17, 15) is 4.79 Å². The summed E-state index contributed by atoms with van der Waals surface area (Å²) in [5.74, 6) is 0.348. The number of benzene rings is 2. The molecule has 5 nitrogen and oxygen atoms in total. The first-order valence-electron chi connectivity index (χ1n) is 9.40. The molecule has 4 rings (SSSR count). The van der Waals surface area contributed by atoms with E-state index in [4.69, 9.17) is 4.98 Å². The molecular formula is C22H21BrN4O. The zero-order valence-corrected chi connectivity index (χ0v) is 17.5. The zero-order chi connectivity index (χ0) is 19.7. The molecule has 0 atom stereocenters. The van der Waals surface area contributed by atoms with Crippen LogP contribution in [0.3, 0.4) is 0 Å². The largest absolute Gasteiger partial charge is 0.304 e. The fourth-order valence-electron chi connectivity index (χ4n) is 3.24. The summed E-state index contributed by atoms with van der Waals surface area (Å²) in [5, 5.41) is 9.53. The van der Waals surface area contributed by atoms with Crippen molar-refractivity contribution in [3.63, 3.8) is 0 Å². The Morgan fingerprint density at radius 2 is 2.00 bits per heavy atom. The van der Waals surface area contributed by atoms with Gasteiger partial charge in [0.05, 0.1) is 16.5 Å². The summed E-state index contributed by atoms with van der Waals surface area (Å²) in [7, 11) is 0. The summed E-state index contributed by atoms with van der Waals surface area (Å²) in [6, 6.07) is 15.6. The quantitative estimate of drug-likeness (QED) is 0.435. The number of aryl methyl sites for hydroxylation is 2. The monoisotopic (exact) mass is 436 g/mol. The molecule has 0 aliphatic carbocycles. The Morgan fingerprint density at radius 3 is 2.79 bits per heavy atom. The SMILES string of the molecule is CCCCn1nc(NC(=O)c2ccccc2Br)c2cc3ccc(C)cc3nc21. The minimum Gasteiger partial charge on any atom is -0.304 e. The van der Waals surface area contributed by atoms with Crippen LogP contribution < -0.4 is 5.32 Å². The molecule has 0 aliphatic heterocycles. The molecule has 2 heterocycles. The summed E-state index contributed by atoms with van der Waals surface area (Å²) in [6.45, 7) is 4.97. The van der Waals surface area contributed by atoms with E-state index in [0.717, 1.165) is 45.8 Å². The van der Waals surface area contributed by atoms with E-state index in [1.165, 1.54) is 5.56 Å². The number of halogens is 1. The van der Waals surface area contributed by atoms with Gasteiger partial charge < -0.3 is 5.32 Å². The minimum absolute atomic E-state index is 0.196. The van der Waals surface area contributed by atoms with Gasteiger partial charge in [-0.1, -0.05) is 37.6 Å². The number of carbonyl (C=O) groups excluding carboxylic acids is 1. The Hall–Kier alpha value is -2.73. The van der Waals surface area contributed by atoms with Gasteiger partial charge in [0.25, 0.3) is 5.91 Å². The molecule has 6 heteroatoms. The van der Waals surface area contributed by atoms with Crippen molar-refractivity contribution in [1.82, 2.24) is 14.8 Å². The normalized spacial score (nSPS) is 11.2. The Bertz CT molecular complexity index is 1180. The summed E-state index contributed by atoms with van der Waals surface area (Å²) < 4.78 is 2.65. The van der Waals surface area contributed by atoms with Gasteiger partial charge in [0.2, 0.25) is 0 Å². The highest BCUT2D eigenvalue weighted by Crippen LogP contribution is 2.28. The lowest BCUT2D eigenvalue weighted by atomic mass is 10.1. The average Bonchev–Trinajstić information content (AvgIpc) is 3.01. The number of aromatic nitrogens is 3. The summed E-state index contributed by atoms with van der Waals surface area (Å²) in [4.78, 5) is 17.6. The third-order valence-electron chi connectivity index (χ3n) is 4.75. The number of nitrogens with one attached hydrogen (secondary N) is 1. The number of carbonyl (C=O) groups is 1. The summed E-state index contributed by atoms with van der Waals surface area (Å²) in [6.07, 6.45) is 2.06. The van der Waals surface area contributed by atoms with Crippen LogP contribution in [0.5, 0.6) is 0 Å². The van der Waals surface area contributed by atoms with Crippen molar-refractivity contribution in [2.75, 3.05) is 5.32 Å². The molecule has 1 N–H and O–H groups in total. The molecule has 0 unspecified atom stereocenters. The molecule has 1 amide bonds. The molecule has 4 aromatic rings. The smallest absolute Gasteiger partial charge is 0.258 e. The maximum absolute atomic E-state index is 12.8. The first-order valence-corrected chi connectivity index (χ1v) is 10.2. The number of hydrogen-bond acceptors (Lipinski definition) is 3. The van der Waals surface area contributed by atoms with Gasteiger partial charge >= 0.3 is 0 Å².